The highest BCUT2D eigenvalue weighted by molar-refractivity contribution is 6.31. The average molecular weight is 489 g/mol. The van der Waals surface area contributed by atoms with E-state index in [1.807, 2.05) is 13.1 Å². The number of nitrogens with one attached hydrogen (secondary N) is 3. The Labute approximate surface area is 203 Å². The zero-order chi connectivity index (χ0) is 24.9. The number of alkyl carbamates (subject to hydrolysis) is 1. The number of hydrogen-bond donors (Lipinski definition) is 3. The second kappa shape index (κ2) is 10.6. The van der Waals surface area contributed by atoms with E-state index in [4.69, 9.17) is 16.3 Å². The molecule has 0 bridgehead atoms. The molecular weight excluding hydrogens is 460 g/mol. The summed E-state index contributed by atoms with van der Waals surface area (Å²) in [5, 5.41) is 10.2. The number of nitrogens with zero attached hydrogens (tertiary/aromatic N) is 3. The summed E-state index contributed by atoms with van der Waals surface area (Å²) in [4.78, 5) is 31.6. The highest BCUT2D eigenvalue weighted by Gasteiger charge is 2.23. The first-order valence-electron chi connectivity index (χ1n) is 10.8. The Morgan fingerprint density at radius 3 is 2.50 bits per heavy atom. The largest absolute Gasteiger partial charge is 0.453 e. The molecule has 0 unspecified atom stereocenters. The molecule has 34 heavy (non-hydrogen) atoms. The van der Waals surface area contributed by atoms with Crippen molar-refractivity contribution in [1.29, 1.82) is 0 Å². The quantitative estimate of drug-likeness (QED) is 0.433. The summed E-state index contributed by atoms with van der Waals surface area (Å²) in [6.07, 6.45) is 2.84. The van der Waals surface area contributed by atoms with E-state index in [-0.39, 0.29) is 0 Å². The minimum atomic E-state index is -0.627. The molecule has 0 aliphatic heterocycles. The summed E-state index contributed by atoms with van der Waals surface area (Å²) >= 11 is 6.44. The van der Waals surface area contributed by atoms with Crippen LogP contribution in [-0.4, -0.2) is 44.6 Å². The summed E-state index contributed by atoms with van der Waals surface area (Å²) in [7, 11) is 1.30. The van der Waals surface area contributed by atoms with Gasteiger partial charge in [0.05, 0.1) is 19.3 Å². The molecule has 2 heterocycles. The number of aromatic amines is 1. The number of anilines is 1. The van der Waals surface area contributed by atoms with Gasteiger partial charge in [-0.1, -0.05) is 23.7 Å². The Morgan fingerprint density at radius 2 is 1.91 bits per heavy atom. The highest BCUT2D eigenvalue weighted by atomic mass is 35.5. The van der Waals surface area contributed by atoms with Crippen LogP contribution in [-0.2, 0) is 22.4 Å². The fourth-order valence-corrected chi connectivity index (χ4v) is 3.45. The standard InChI is InChI=1S/C23H29ClN6O4/c1-6-30-13-15(12-25-30)17(27-22(32)34-23(2,3)4)11-18-28-19(20(24)29-18)14-7-9-16(10-8-14)26-21(31)33-5/h7-10,12-13,17H,6,11H2,1-5H3,(H,26,31)(H,27,32)(H,28,29)/t17-/m0/s1. The number of aromatic nitrogens is 4. The lowest BCUT2D eigenvalue weighted by atomic mass is 10.1. The Balaban J connectivity index is 1.81. The van der Waals surface area contributed by atoms with Gasteiger partial charge < -0.3 is 19.8 Å². The van der Waals surface area contributed by atoms with Crippen LogP contribution >= 0.6 is 11.6 Å². The second-order valence-electron chi connectivity index (χ2n) is 8.57. The summed E-state index contributed by atoms with van der Waals surface area (Å²) < 4.78 is 11.8. The monoisotopic (exact) mass is 488 g/mol. The summed E-state index contributed by atoms with van der Waals surface area (Å²) in [5.41, 5.74) is 2.09. The van der Waals surface area contributed by atoms with Gasteiger partial charge in [-0.05, 0) is 39.8 Å². The molecule has 0 aliphatic carbocycles. The maximum absolute atomic E-state index is 12.5. The van der Waals surface area contributed by atoms with Gasteiger partial charge in [0.2, 0.25) is 0 Å². The van der Waals surface area contributed by atoms with E-state index in [2.05, 4.69) is 30.4 Å². The van der Waals surface area contributed by atoms with Crippen LogP contribution in [0.5, 0.6) is 0 Å². The van der Waals surface area contributed by atoms with Crippen LogP contribution in [0.2, 0.25) is 5.15 Å². The molecule has 0 spiro atoms. The van der Waals surface area contributed by atoms with Gasteiger partial charge in [-0.15, -0.1) is 0 Å². The lowest BCUT2D eigenvalue weighted by molar-refractivity contribution is 0.0503. The number of carbonyl (C=O) groups is 2. The topological polar surface area (TPSA) is 123 Å². The van der Waals surface area contributed by atoms with E-state index >= 15 is 0 Å². The van der Waals surface area contributed by atoms with Crippen molar-refractivity contribution in [3.8, 4) is 11.3 Å². The summed E-state index contributed by atoms with van der Waals surface area (Å²) in [6.45, 7) is 8.11. The van der Waals surface area contributed by atoms with Gasteiger partial charge in [-0.2, -0.15) is 5.10 Å². The van der Waals surface area contributed by atoms with Crippen molar-refractivity contribution in [3.05, 3.63) is 53.2 Å². The van der Waals surface area contributed by atoms with E-state index in [1.165, 1.54) is 7.11 Å². The van der Waals surface area contributed by atoms with Gasteiger partial charge in [-0.3, -0.25) is 10.00 Å². The molecule has 3 aromatic rings. The molecule has 0 saturated carbocycles. The first kappa shape index (κ1) is 25.1. The van der Waals surface area contributed by atoms with Crippen LogP contribution in [0.1, 0.15) is 45.1 Å². The Bertz CT molecular complexity index is 1130. The molecule has 2 aromatic heterocycles. The number of methoxy groups -OCH3 is 1. The predicted molar refractivity (Wildman–Crippen MR) is 129 cm³/mol. The molecule has 1 aromatic carbocycles. The summed E-state index contributed by atoms with van der Waals surface area (Å²) in [6, 6.07) is 6.60. The number of carbonyl (C=O) groups excluding carboxylic acids is 2. The zero-order valence-electron chi connectivity index (χ0n) is 19.8. The number of H-pyrrole nitrogens is 1. The molecule has 182 valence electrons. The molecule has 0 saturated heterocycles. The van der Waals surface area contributed by atoms with Crippen molar-refractivity contribution in [2.75, 3.05) is 12.4 Å². The van der Waals surface area contributed by atoms with Gasteiger partial charge in [0.1, 0.15) is 22.3 Å². The van der Waals surface area contributed by atoms with E-state index in [1.54, 1.807) is 55.9 Å². The number of amides is 2. The van der Waals surface area contributed by atoms with E-state index in [9.17, 15) is 9.59 Å². The third-order valence-electron chi connectivity index (χ3n) is 4.77. The van der Waals surface area contributed by atoms with Crippen LogP contribution in [0.3, 0.4) is 0 Å². The SMILES string of the molecule is CCn1cc([C@H](Cc2nc(-c3ccc(NC(=O)OC)cc3)c(Cl)[nH]2)NC(=O)OC(C)(C)C)cn1. The van der Waals surface area contributed by atoms with Gasteiger partial charge in [0, 0.05) is 36.0 Å². The molecule has 2 amide bonds. The fraction of sp³-hybridized carbons (Fsp3) is 0.391. The molecular formula is C23H29ClN6O4. The number of rotatable bonds is 7. The van der Waals surface area contributed by atoms with Crippen molar-refractivity contribution < 1.29 is 19.1 Å². The van der Waals surface area contributed by atoms with Gasteiger partial charge in [0.15, 0.2) is 0 Å². The van der Waals surface area contributed by atoms with Crippen LogP contribution < -0.4 is 10.6 Å². The maximum Gasteiger partial charge on any atom is 0.411 e. The van der Waals surface area contributed by atoms with Crippen molar-refractivity contribution in [2.24, 2.45) is 0 Å². The summed E-state index contributed by atoms with van der Waals surface area (Å²) in [5.74, 6) is 0.585. The van der Waals surface area contributed by atoms with Crippen molar-refractivity contribution in [2.45, 2.75) is 52.3 Å². The molecule has 1 atom stereocenters. The molecule has 3 rings (SSSR count). The van der Waals surface area contributed by atoms with Crippen molar-refractivity contribution >= 4 is 29.5 Å². The number of hydrogen-bond acceptors (Lipinski definition) is 6. The van der Waals surface area contributed by atoms with E-state index in [0.717, 1.165) is 11.1 Å². The molecule has 11 heteroatoms. The second-order valence-corrected chi connectivity index (χ2v) is 8.95. The molecule has 0 aliphatic rings. The average Bonchev–Trinajstić information content (AvgIpc) is 3.39. The molecule has 0 fully saturated rings. The number of benzene rings is 1. The molecule has 3 N–H and O–H groups in total. The van der Waals surface area contributed by atoms with E-state index < -0.39 is 23.8 Å². The normalized spacial score (nSPS) is 12.2. The Hall–Kier alpha value is -3.53. The van der Waals surface area contributed by atoms with Gasteiger partial charge in [-0.25, -0.2) is 14.6 Å². The van der Waals surface area contributed by atoms with Crippen LogP contribution in [0.25, 0.3) is 11.3 Å². The Morgan fingerprint density at radius 1 is 1.21 bits per heavy atom. The van der Waals surface area contributed by atoms with Crippen molar-refractivity contribution in [1.82, 2.24) is 25.1 Å². The molecule has 0 radical (unpaired) electrons. The highest BCUT2D eigenvalue weighted by Crippen LogP contribution is 2.28. The van der Waals surface area contributed by atoms with Crippen LogP contribution in [0.15, 0.2) is 36.7 Å². The third-order valence-corrected chi connectivity index (χ3v) is 5.04. The lowest BCUT2D eigenvalue weighted by Crippen LogP contribution is -2.35. The van der Waals surface area contributed by atoms with Crippen LogP contribution in [0, 0.1) is 0 Å². The van der Waals surface area contributed by atoms with Crippen LogP contribution in [0.4, 0.5) is 15.3 Å². The minimum absolute atomic E-state index is 0.344. The molecule has 10 nitrogen and oxygen atoms in total. The maximum atomic E-state index is 12.5. The third kappa shape index (κ3) is 6.74. The number of ether oxygens (including phenoxy) is 2. The first-order valence-corrected chi connectivity index (χ1v) is 11.2. The number of aryl methyl sites for hydroxylation is 1. The fourth-order valence-electron chi connectivity index (χ4n) is 3.19. The number of halogens is 1. The zero-order valence-corrected chi connectivity index (χ0v) is 20.6. The van der Waals surface area contributed by atoms with E-state index in [0.29, 0.717) is 35.3 Å². The number of imidazole rings is 1. The first-order chi connectivity index (χ1) is 16.1. The smallest absolute Gasteiger partial charge is 0.411 e. The minimum Gasteiger partial charge on any atom is -0.453 e. The Kier molecular flexibility index (Phi) is 7.83. The lowest BCUT2D eigenvalue weighted by Gasteiger charge is -2.23. The van der Waals surface area contributed by atoms with Crippen molar-refractivity contribution in [3.63, 3.8) is 0 Å². The van der Waals surface area contributed by atoms with Gasteiger partial charge in [0.25, 0.3) is 0 Å². The van der Waals surface area contributed by atoms with Gasteiger partial charge >= 0.3 is 12.2 Å². The predicted octanol–water partition coefficient (Wildman–Crippen LogP) is 4.93.